The number of alkyl carbamates (subject to hydrolysis) is 1. The minimum Gasteiger partial charge on any atom is -0.444 e. The molecule has 1 aromatic rings. The largest absolute Gasteiger partial charge is 0.444 e. The number of hydrogen-bond acceptors (Lipinski definition) is 4. The molecule has 1 rings (SSSR count). The number of carbonyl (C=O) groups excluding carboxylic acids is 3. The second kappa shape index (κ2) is 9.94. The topological polar surface area (TPSA) is 111 Å². The normalized spacial score (nSPS) is 14.6. The quantitative estimate of drug-likeness (QED) is 0.644. The molecule has 0 aliphatic rings. The van der Waals surface area contributed by atoms with Crippen molar-refractivity contribution in [1.29, 1.82) is 0 Å². The lowest BCUT2D eigenvalue weighted by Gasteiger charge is -2.27. The summed E-state index contributed by atoms with van der Waals surface area (Å²) >= 11 is 0. The van der Waals surface area contributed by atoms with Crippen LogP contribution in [0.3, 0.4) is 0 Å². The zero-order valence-corrected chi connectivity index (χ0v) is 16.7. The van der Waals surface area contributed by atoms with Crippen LogP contribution in [0.15, 0.2) is 30.3 Å². The van der Waals surface area contributed by atoms with Gasteiger partial charge in [0.2, 0.25) is 11.8 Å². The van der Waals surface area contributed by atoms with Crippen LogP contribution in [0.5, 0.6) is 0 Å². The number of primary amides is 1. The number of benzene rings is 1. The minimum atomic E-state index is -0.869. The fraction of sp³-hybridized carbons (Fsp3) is 0.550. The maximum atomic E-state index is 12.8. The van der Waals surface area contributed by atoms with Crippen molar-refractivity contribution in [2.24, 2.45) is 11.7 Å². The highest BCUT2D eigenvalue weighted by molar-refractivity contribution is 5.91. The summed E-state index contributed by atoms with van der Waals surface area (Å²) in [7, 11) is 0. The zero-order valence-electron chi connectivity index (χ0n) is 16.7. The van der Waals surface area contributed by atoms with E-state index in [-0.39, 0.29) is 12.3 Å². The van der Waals surface area contributed by atoms with Crippen LogP contribution in [-0.4, -0.2) is 35.6 Å². The molecule has 0 heterocycles. The summed E-state index contributed by atoms with van der Waals surface area (Å²) in [6, 6.07) is 7.57. The van der Waals surface area contributed by atoms with Gasteiger partial charge in [-0.3, -0.25) is 9.59 Å². The Balaban J connectivity index is 2.86. The molecule has 150 valence electrons. The Morgan fingerprint density at radius 3 is 2.19 bits per heavy atom. The Kier molecular flexibility index (Phi) is 8.28. The molecule has 0 saturated carbocycles. The van der Waals surface area contributed by atoms with Crippen molar-refractivity contribution in [2.75, 3.05) is 0 Å². The van der Waals surface area contributed by atoms with Crippen molar-refractivity contribution in [3.63, 3.8) is 0 Å². The third-order valence-electron chi connectivity index (χ3n) is 4.11. The summed E-state index contributed by atoms with van der Waals surface area (Å²) < 4.78 is 5.24. The first-order valence-electron chi connectivity index (χ1n) is 9.16. The number of nitrogens with one attached hydrogen (secondary N) is 2. The Morgan fingerprint density at radius 1 is 1.11 bits per heavy atom. The van der Waals surface area contributed by atoms with E-state index in [9.17, 15) is 14.4 Å². The van der Waals surface area contributed by atoms with Gasteiger partial charge in [0.25, 0.3) is 0 Å². The number of hydrogen-bond donors (Lipinski definition) is 3. The van der Waals surface area contributed by atoms with Crippen LogP contribution in [0, 0.1) is 5.92 Å². The van der Waals surface area contributed by atoms with Gasteiger partial charge in [-0.15, -0.1) is 0 Å². The molecular weight excluding hydrogens is 346 g/mol. The number of ether oxygens (including phenoxy) is 1. The molecule has 0 aliphatic heterocycles. The van der Waals surface area contributed by atoms with Gasteiger partial charge in [-0.05, 0) is 32.3 Å². The van der Waals surface area contributed by atoms with Crippen LogP contribution < -0.4 is 16.4 Å². The molecule has 0 aliphatic carbocycles. The van der Waals surface area contributed by atoms with Gasteiger partial charge in [-0.1, -0.05) is 50.6 Å². The van der Waals surface area contributed by atoms with E-state index in [4.69, 9.17) is 10.5 Å². The number of amides is 3. The molecule has 0 unspecified atom stereocenters. The first-order chi connectivity index (χ1) is 12.5. The molecule has 3 atom stereocenters. The standard InChI is InChI=1S/C20H31N3O4/c1-6-13(2)16(23-19(26)27-20(3,4)5)18(25)22-15(17(21)24)12-14-10-8-7-9-11-14/h7-11,13,15-16H,6,12H2,1-5H3,(H2,21,24)(H,22,25)(H,23,26)/t13-,15+,16+/m1/s1. The molecule has 7 nitrogen and oxygen atoms in total. The summed E-state index contributed by atoms with van der Waals surface area (Å²) in [5.41, 5.74) is 5.66. The Bertz CT molecular complexity index is 640. The van der Waals surface area contributed by atoms with E-state index in [2.05, 4.69) is 10.6 Å². The van der Waals surface area contributed by atoms with E-state index in [1.54, 1.807) is 20.8 Å². The lowest BCUT2D eigenvalue weighted by molar-refractivity contribution is -0.129. The fourth-order valence-electron chi connectivity index (χ4n) is 2.47. The van der Waals surface area contributed by atoms with Gasteiger partial charge < -0.3 is 21.1 Å². The summed E-state index contributed by atoms with van der Waals surface area (Å²) in [6.45, 7) is 8.99. The number of nitrogens with two attached hydrogens (primary N) is 1. The van der Waals surface area contributed by atoms with Crippen LogP contribution in [0.4, 0.5) is 4.79 Å². The van der Waals surface area contributed by atoms with Crippen molar-refractivity contribution >= 4 is 17.9 Å². The molecule has 4 N–H and O–H groups in total. The van der Waals surface area contributed by atoms with Gasteiger partial charge in [0.15, 0.2) is 0 Å². The van der Waals surface area contributed by atoms with E-state index in [1.165, 1.54) is 0 Å². The summed E-state index contributed by atoms with van der Waals surface area (Å²) in [5.74, 6) is -1.25. The molecule has 0 radical (unpaired) electrons. The lowest BCUT2D eigenvalue weighted by Crippen LogP contribution is -2.56. The van der Waals surface area contributed by atoms with Gasteiger partial charge >= 0.3 is 6.09 Å². The maximum Gasteiger partial charge on any atom is 0.408 e. The predicted octanol–water partition coefficient (Wildman–Crippen LogP) is 2.14. The van der Waals surface area contributed by atoms with Crippen molar-refractivity contribution in [1.82, 2.24) is 10.6 Å². The highest BCUT2D eigenvalue weighted by atomic mass is 16.6. The fourth-order valence-corrected chi connectivity index (χ4v) is 2.47. The first-order valence-corrected chi connectivity index (χ1v) is 9.16. The maximum absolute atomic E-state index is 12.8. The van der Waals surface area contributed by atoms with E-state index in [0.717, 1.165) is 5.56 Å². The average molecular weight is 377 g/mol. The monoisotopic (exact) mass is 377 g/mol. The van der Waals surface area contributed by atoms with Crippen LogP contribution in [0.25, 0.3) is 0 Å². The van der Waals surface area contributed by atoms with Gasteiger partial charge in [-0.2, -0.15) is 0 Å². The molecule has 1 aromatic carbocycles. The second-order valence-corrected chi connectivity index (χ2v) is 7.66. The molecule has 27 heavy (non-hydrogen) atoms. The van der Waals surface area contributed by atoms with Crippen LogP contribution in [-0.2, 0) is 20.7 Å². The van der Waals surface area contributed by atoms with Gasteiger partial charge in [0.05, 0.1) is 0 Å². The smallest absolute Gasteiger partial charge is 0.408 e. The third-order valence-corrected chi connectivity index (χ3v) is 4.11. The van der Waals surface area contributed by atoms with Crippen molar-refractivity contribution in [3.8, 4) is 0 Å². The van der Waals surface area contributed by atoms with Crippen LogP contribution in [0.2, 0.25) is 0 Å². The molecular formula is C20H31N3O4. The van der Waals surface area contributed by atoms with E-state index >= 15 is 0 Å². The first kappa shape index (κ1) is 22.5. The second-order valence-electron chi connectivity index (χ2n) is 7.66. The molecule has 0 spiro atoms. The van der Waals surface area contributed by atoms with Crippen LogP contribution in [0.1, 0.15) is 46.6 Å². The molecule has 7 heteroatoms. The number of carbonyl (C=O) groups is 3. The van der Waals surface area contributed by atoms with E-state index in [1.807, 2.05) is 44.2 Å². The average Bonchev–Trinajstić information content (AvgIpc) is 2.57. The SMILES string of the molecule is CC[C@@H](C)[C@H](NC(=O)OC(C)(C)C)C(=O)N[C@@H](Cc1ccccc1)C(N)=O. The van der Waals surface area contributed by atoms with Crippen molar-refractivity contribution in [3.05, 3.63) is 35.9 Å². The summed E-state index contributed by atoms with van der Waals surface area (Å²) in [6.07, 6.45) is 0.261. The van der Waals surface area contributed by atoms with E-state index in [0.29, 0.717) is 6.42 Å². The molecule has 0 bridgehead atoms. The van der Waals surface area contributed by atoms with Crippen molar-refractivity contribution in [2.45, 2.75) is 65.1 Å². The highest BCUT2D eigenvalue weighted by Gasteiger charge is 2.30. The van der Waals surface area contributed by atoms with Gasteiger partial charge in [-0.25, -0.2) is 4.79 Å². The zero-order chi connectivity index (χ0) is 20.6. The molecule has 0 fully saturated rings. The van der Waals surface area contributed by atoms with Crippen molar-refractivity contribution < 1.29 is 19.1 Å². The Morgan fingerprint density at radius 2 is 1.70 bits per heavy atom. The predicted molar refractivity (Wildman–Crippen MR) is 104 cm³/mol. The summed E-state index contributed by atoms with van der Waals surface area (Å²) in [4.78, 5) is 36.7. The van der Waals surface area contributed by atoms with Gasteiger partial charge in [0.1, 0.15) is 17.7 Å². The highest BCUT2D eigenvalue weighted by Crippen LogP contribution is 2.12. The molecule has 3 amide bonds. The third kappa shape index (κ3) is 8.11. The van der Waals surface area contributed by atoms with E-state index < -0.39 is 35.6 Å². The lowest BCUT2D eigenvalue weighted by atomic mass is 9.97. The molecule has 0 saturated heterocycles. The number of rotatable bonds is 8. The van der Waals surface area contributed by atoms with Crippen LogP contribution >= 0.6 is 0 Å². The Hall–Kier alpha value is -2.57. The van der Waals surface area contributed by atoms with Gasteiger partial charge in [0, 0.05) is 6.42 Å². The summed E-state index contributed by atoms with van der Waals surface area (Å²) in [5, 5.41) is 5.27. The molecule has 0 aromatic heterocycles. The minimum absolute atomic E-state index is 0.150. The Labute approximate surface area is 161 Å².